The highest BCUT2D eigenvalue weighted by Crippen LogP contribution is 1.73. The fourth-order valence-electron chi connectivity index (χ4n) is 0.476. The molecule has 0 heterocycles. The fourth-order valence-corrected chi connectivity index (χ4v) is 0.476. The first-order valence-electron chi connectivity index (χ1n) is 3.69. The van der Waals surface area contributed by atoms with Crippen molar-refractivity contribution in [1.29, 1.82) is 10.5 Å². The molecule has 0 aromatic rings. The molecule has 0 aromatic heterocycles. The first kappa shape index (κ1) is 12.5. The van der Waals surface area contributed by atoms with Crippen LogP contribution in [0.3, 0.4) is 0 Å². The van der Waals surface area contributed by atoms with Crippen LogP contribution in [-0.4, -0.2) is 25.4 Å². The molecule has 0 saturated carbocycles. The van der Waals surface area contributed by atoms with Crippen LogP contribution in [0.25, 0.3) is 0 Å². The largest absolute Gasteiger partial charge is 0.369 e. The molecule has 0 bridgehead atoms. The third kappa shape index (κ3) is 7.83. The van der Waals surface area contributed by atoms with E-state index in [1.165, 1.54) is 6.19 Å². The average molecular weight is 210 g/mol. The summed E-state index contributed by atoms with van der Waals surface area (Å²) in [5, 5.41) is 20.8. The summed E-state index contributed by atoms with van der Waals surface area (Å²) in [5.74, 6) is -0.0965. The summed E-state index contributed by atoms with van der Waals surface area (Å²) in [5.41, 5.74) is 10.4. The summed E-state index contributed by atoms with van der Waals surface area (Å²) < 4.78 is 4.87. The van der Waals surface area contributed by atoms with Crippen LogP contribution >= 0.6 is 0 Å². The minimum absolute atomic E-state index is 0.0281. The number of nitrogens with one attached hydrogen (secondary N) is 2. The molecule has 0 amide bonds. The van der Waals surface area contributed by atoms with Gasteiger partial charge in [-0.05, 0) is 0 Å². The second-order valence-corrected chi connectivity index (χ2v) is 2.03. The molecule has 0 rings (SSSR count). The van der Waals surface area contributed by atoms with Gasteiger partial charge < -0.3 is 21.5 Å². The van der Waals surface area contributed by atoms with Gasteiger partial charge in [-0.3, -0.25) is 5.32 Å². The number of hydrogen-bond acceptors (Lipinski definition) is 5. The summed E-state index contributed by atoms with van der Waals surface area (Å²) in [6.07, 6.45) is 3.09. The highest BCUT2D eigenvalue weighted by molar-refractivity contribution is 5.79. The van der Waals surface area contributed by atoms with Crippen LogP contribution in [0, 0.1) is 22.9 Å². The molecule has 0 atom stereocenters. The predicted octanol–water partition coefficient (Wildman–Crippen LogP) is -2.31. The molecule has 0 aliphatic heterocycles. The zero-order chi connectivity index (χ0) is 11.5. The number of hydrogen-bond donors (Lipinski definition) is 4. The van der Waals surface area contributed by atoms with Crippen molar-refractivity contribution in [3.05, 3.63) is 0 Å². The van der Waals surface area contributed by atoms with Gasteiger partial charge in [0.15, 0.2) is 6.19 Å². The minimum atomic E-state index is -0.0513. The van der Waals surface area contributed by atoms with Gasteiger partial charge in [-0.1, -0.05) is 0 Å². The van der Waals surface area contributed by atoms with Crippen molar-refractivity contribution in [1.82, 2.24) is 10.6 Å². The maximum atomic E-state index is 8.13. The summed E-state index contributed by atoms with van der Waals surface area (Å²) in [4.78, 5) is 6.79. The van der Waals surface area contributed by atoms with E-state index in [1.807, 2.05) is 0 Å². The molecule has 15 heavy (non-hydrogen) atoms. The molecule has 80 valence electrons. The number of rotatable bonds is 4. The van der Waals surface area contributed by atoms with E-state index in [4.69, 9.17) is 26.7 Å². The molecule has 9 heteroatoms. The normalized spacial score (nSPS) is 11.3. The molecular formula is C6H10N8O. The van der Waals surface area contributed by atoms with Crippen LogP contribution in [-0.2, 0) is 4.74 Å². The first-order valence-corrected chi connectivity index (χ1v) is 3.69. The van der Waals surface area contributed by atoms with Crippen LogP contribution in [0.2, 0.25) is 0 Å². The Kier molecular flexibility index (Phi) is 6.74. The van der Waals surface area contributed by atoms with Gasteiger partial charge in [0, 0.05) is 0 Å². The van der Waals surface area contributed by atoms with Crippen molar-refractivity contribution in [2.45, 2.75) is 0 Å². The number of aliphatic imine (C=N–C) groups is 2. The third-order valence-electron chi connectivity index (χ3n) is 1.04. The lowest BCUT2D eigenvalue weighted by atomic mass is 10.9. The Balaban J connectivity index is 3.57. The van der Waals surface area contributed by atoms with E-state index in [0.717, 1.165) is 0 Å². The van der Waals surface area contributed by atoms with E-state index in [0.29, 0.717) is 0 Å². The Hall–Kier alpha value is -2.52. The second-order valence-electron chi connectivity index (χ2n) is 2.03. The van der Waals surface area contributed by atoms with E-state index in [2.05, 4.69) is 20.6 Å². The molecule has 0 aromatic carbocycles. The maximum absolute atomic E-state index is 8.13. The standard InChI is InChI=1S/C6H10N8O/c7-1-11-5(9)13-3-15-4-14-6(10)12-2-8/h3-4H2,(H3,9,11,13)(H3,10,12,14). The Bertz CT molecular complexity index is 321. The molecule has 0 aliphatic carbocycles. The monoisotopic (exact) mass is 210 g/mol. The van der Waals surface area contributed by atoms with E-state index < -0.39 is 0 Å². The van der Waals surface area contributed by atoms with Gasteiger partial charge in [0.1, 0.15) is 13.5 Å². The van der Waals surface area contributed by atoms with Gasteiger partial charge in [-0.15, -0.1) is 4.99 Å². The van der Waals surface area contributed by atoms with E-state index in [-0.39, 0.29) is 25.4 Å². The van der Waals surface area contributed by atoms with Gasteiger partial charge in [-0.2, -0.15) is 10.5 Å². The summed E-state index contributed by atoms with van der Waals surface area (Å²) >= 11 is 0. The number of guanidine groups is 2. The quantitative estimate of drug-likeness (QED) is 0.101. The lowest BCUT2D eigenvalue weighted by Gasteiger charge is -2.03. The van der Waals surface area contributed by atoms with Crippen molar-refractivity contribution < 1.29 is 4.74 Å². The average Bonchev–Trinajstić information content (AvgIpc) is 2.18. The first-order chi connectivity index (χ1) is 7.20. The zero-order valence-electron chi connectivity index (χ0n) is 7.77. The minimum Gasteiger partial charge on any atom is -0.369 e. The highest BCUT2D eigenvalue weighted by atomic mass is 16.5. The fraction of sp³-hybridized carbons (Fsp3) is 0.333. The van der Waals surface area contributed by atoms with Gasteiger partial charge in [0.05, 0.1) is 0 Å². The van der Waals surface area contributed by atoms with Crippen molar-refractivity contribution in [2.75, 3.05) is 13.5 Å². The van der Waals surface area contributed by atoms with Gasteiger partial charge in [0.25, 0.3) is 0 Å². The lowest BCUT2D eigenvalue weighted by Crippen LogP contribution is -2.33. The molecule has 0 aliphatic rings. The number of nitrogens with zero attached hydrogens (tertiary/aromatic N) is 4. The SMILES string of the molecule is N#CN=C(N)NCOC/N=C(\N)NC#N. The molecule has 9 nitrogen and oxygen atoms in total. The highest BCUT2D eigenvalue weighted by Gasteiger charge is 1.90. The van der Waals surface area contributed by atoms with Gasteiger partial charge in [-0.25, -0.2) is 4.99 Å². The van der Waals surface area contributed by atoms with E-state index in [1.54, 1.807) is 6.19 Å². The molecule has 0 saturated heterocycles. The Morgan fingerprint density at radius 2 is 2.07 bits per heavy atom. The van der Waals surface area contributed by atoms with Gasteiger partial charge in [0.2, 0.25) is 18.1 Å². The second kappa shape index (κ2) is 8.10. The lowest BCUT2D eigenvalue weighted by molar-refractivity contribution is 0.136. The van der Waals surface area contributed by atoms with Crippen LogP contribution in [0.4, 0.5) is 0 Å². The van der Waals surface area contributed by atoms with E-state index >= 15 is 0 Å². The summed E-state index contributed by atoms with van der Waals surface area (Å²) in [6, 6.07) is 0. The summed E-state index contributed by atoms with van der Waals surface area (Å²) in [7, 11) is 0. The molecule has 6 N–H and O–H groups in total. The third-order valence-corrected chi connectivity index (χ3v) is 1.04. The van der Waals surface area contributed by atoms with Crippen molar-refractivity contribution in [2.24, 2.45) is 21.5 Å². The maximum Gasteiger partial charge on any atom is 0.209 e. The molecule has 0 unspecified atom stereocenters. The van der Waals surface area contributed by atoms with Crippen molar-refractivity contribution in [3.63, 3.8) is 0 Å². The number of ether oxygens (including phenoxy) is 1. The number of nitriles is 2. The van der Waals surface area contributed by atoms with Crippen molar-refractivity contribution in [3.8, 4) is 12.4 Å². The van der Waals surface area contributed by atoms with Gasteiger partial charge >= 0.3 is 0 Å². The topological polar surface area (TPSA) is 158 Å². The number of nitrogens with two attached hydrogens (primary N) is 2. The Morgan fingerprint density at radius 3 is 2.67 bits per heavy atom. The van der Waals surface area contributed by atoms with Crippen LogP contribution < -0.4 is 22.1 Å². The van der Waals surface area contributed by atoms with Crippen LogP contribution in [0.15, 0.2) is 9.98 Å². The van der Waals surface area contributed by atoms with Crippen LogP contribution in [0.1, 0.15) is 0 Å². The molecule has 0 radical (unpaired) electrons. The Labute approximate surface area is 86.0 Å². The zero-order valence-corrected chi connectivity index (χ0v) is 7.77. The van der Waals surface area contributed by atoms with Crippen molar-refractivity contribution >= 4 is 11.9 Å². The van der Waals surface area contributed by atoms with Crippen LogP contribution in [0.5, 0.6) is 0 Å². The predicted molar refractivity (Wildman–Crippen MR) is 51.6 cm³/mol. The summed E-state index contributed by atoms with van der Waals surface area (Å²) in [6.45, 7) is -0.0201. The molecular weight excluding hydrogens is 200 g/mol. The van der Waals surface area contributed by atoms with E-state index in [9.17, 15) is 0 Å². The Morgan fingerprint density at radius 1 is 1.33 bits per heavy atom. The smallest absolute Gasteiger partial charge is 0.209 e. The molecule has 0 fully saturated rings. The molecule has 0 spiro atoms.